The molecule has 1 fully saturated rings. The van der Waals surface area contributed by atoms with E-state index in [1.54, 1.807) is 0 Å². The normalized spacial score (nSPS) is 18.3. The fourth-order valence-corrected chi connectivity index (χ4v) is 2.13. The van der Waals surface area contributed by atoms with Crippen molar-refractivity contribution in [1.29, 1.82) is 0 Å². The van der Waals surface area contributed by atoms with E-state index < -0.39 is 0 Å². The summed E-state index contributed by atoms with van der Waals surface area (Å²) in [7, 11) is 0. The molecule has 1 rings (SSSR count). The van der Waals surface area contributed by atoms with Gasteiger partial charge in [-0.2, -0.15) is 0 Å². The minimum atomic E-state index is 1.03. The molecule has 0 atom stereocenters. The highest BCUT2D eigenvalue weighted by atomic mass is 15.3. The molecule has 0 aromatic heterocycles. The summed E-state index contributed by atoms with van der Waals surface area (Å²) in [6.07, 6.45) is 4.55. The molecule has 1 heterocycles. The zero-order valence-corrected chi connectivity index (χ0v) is 13.2. The zero-order chi connectivity index (χ0) is 14.3. The molecule has 0 aromatic carbocycles. The molecule has 0 bridgehead atoms. The average molecular weight is 263 g/mol. The first-order chi connectivity index (χ1) is 8.97. The molecular formula is C16H29N3. The van der Waals surface area contributed by atoms with Crippen molar-refractivity contribution in [2.45, 2.75) is 34.6 Å². The number of hydrogen-bond donors (Lipinski definition) is 0. The second kappa shape index (κ2) is 8.28. The Morgan fingerprint density at radius 3 is 1.74 bits per heavy atom. The minimum Gasteiger partial charge on any atom is -0.297 e. The Bertz CT molecular complexity index is 350. The van der Waals surface area contributed by atoms with Gasteiger partial charge in [0.15, 0.2) is 0 Å². The maximum atomic E-state index is 4.46. The van der Waals surface area contributed by atoms with E-state index >= 15 is 0 Å². The first-order valence-corrected chi connectivity index (χ1v) is 7.24. The SMILES string of the molecule is CC(C)=CCN1CCN(C/C=C(/C)N=C(C)C)CC1. The Balaban J connectivity index is 2.31. The summed E-state index contributed by atoms with van der Waals surface area (Å²) in [5, 5.41) is 0. The largest absolute Gasteiger partial charge is 0.297 e. The molecule has 1 aliphatic rings. The first kappa shape index (κ1) is 16.1. The summed E-state index contributed by atoms with van der Waals surface area (Å²) >= 11 is 0. The van der Waals surface area contributed by atoms with Crippen LogP contribution in [0.4, 0.5) is 0 Å². The maximum absolute atomic E-state index is 4.46. The van der Waals surface area contributed by atoms with Crippen LogP contribution in [-0.2, 0) is 0 Å². The molecule has 0 unspecified atom stereocenters. The van der Waals surface area contributed by atoms with E-state index in [-0.39, 0.29) is 0 Å². The fraction of sp³-hybridized carbons (Fsp3) is 0.688. The van der Waals surface area contributed by atoms with E-state index in [0.29, 0.717) is 0 Å². The van der Waals surface area contributed by atoms with Crippen LogP contribution in [0.15, 0.2) is 28.4 Å². The molecule has 0 amide bonds. The molecule has 0 radical (unpaired) electrons. The lowest BCUT2D eigenvalue weighted by Gasteiger charge is -2.33. The van der Waals surface area contributed by atoms with Crippen molar-refractivity contribution in [3.63, 3.8) is 0 Å². The number of aliphatic imine (C=N–C) groups is 1. The average Bonchev–Trinajstić information content (AvgIpc) is 2.34. The summed E-state index contributed by atoms with van der Waals surface area (Å²) < 4.78 is 0. The van der Waals surface area contributed by atoms with Gasteiger partial charge in [-0.05, 0) is 40.7 Å². The smallest absolute Gasteiger partial charge is 0.0344 e. The number of piperazine rings is 1. The number of rotatable bonds is 5. The van der Waals surface area contributed by atoms with E-state index in [9.17, 15) is 0 Å². The van der Waals surface area contributed by atoms with Crippen molar-refractivity contribution in [3.8, 4) is 0 Å². The van der Waals surface area contributed by atoms with E-state index in [0.717, 1.165) is 37.6 Å². The van der Waals surface area contributed by atoms with Gasteiger partial charge < -0.3 is 0 Å². The van der Waals surface area contributed by atoms with Crippen LogP contribution in [0.2, 0.25) is 0 Å². The van der Waals surface area contributed by atoms with E-state index in [1.165, 1.54) is 18.7 Å². The van der Waals surface area contributed by atoms with Crippen LogP contribution in [0.3, 0.4) is 0 Å². The van der Waals surface area contributed by atoms with Gasteiger partial charge in [0.1, 0.15) is 0 Å². The lowest BCUT2D eigenvalue weighted by atomic mass is 10.2. The minimum absolute atomic E-state index is 1.03. The molecule has 3 nitrogen and oxygen atoms in total. The monoisotopic (exact) mass is 263 g/mol. The summed E-state index contributed by atoms with van der Waals surface area (Å²) in [6, 6.07) is 0. The van der Waals surface area contributed by atoms with Crippen molar-refractivity contribution >= 4 is 5.71 Å². The molecule has 0 N–H and O–H groups in total. The summed E-state index contributed by atoms with van der Waals surface area (Å²) in [6.45, 7) is 17.3. The van der Waals surface area contributed by atoms with Crippen LogP contribution in [0.25, 0.3) is 0 Å². The second-order valence-corrected chi connectivity index (χ2v) is 5.79. The van der Waals surface area contributed by atoms with Crippen LogP contribution in [0.5, 0.6) is 0 Å². The van der Waals surface area contributed by atoms with Crippen molar-refractivity contribution in [1.82, 2.24) is 9.80 Å². The highest BCUT2D eigenvalue weighted by Crippen LogP contribution is 2.04. The lowest BCUT2D eigenvalue weighted by Crippen LogP contribution is -2.46. The highest BCUT2D eigenvalue weighted by Gasteiger charge is 2.14. The van der Waals surface area contributed by atoms with E-state index in [2.05, 4.69) is 47.7 Å². The summed E-state index contributed by atoms with van der Waals surface area (Å²) in [5.41, 5.74) is 3.67. The van der Waals surface area contributed by atoms with E-state index in [1.807, 2.05) is 13.8 Å². The van der Waals surface area contributed by atoms with Gasteiger partial charge in [-0.15, -0.1) is 0 Å². The Morgan fingerprint density at radius 2 is 1.32 bits per heavy atom. The maximum Gasteiger partial charge on any atom is 0.0344 e. The van der Waals surface area contributed by atoms with Gasteiger partial charge in [0.2, 0.25) is 0 Å². The third-order valence-corrected chi connectivity index (χ3v) is 3.27. The lowest BCUT2D eigenvalue weighted by molar-refractivity contribution is 0.153. The number of nitrogens with zero attached hydrogens (tertiary/aromatic N) is 3. The molecule has 108 valence electrons. The predicted molar refractivity (Wildman–Crippen MR) is 84.9 cm³/mol. The number of allylic oxidation sites excluding steroid dienone is 2. The molecule has 0 spiro atoms. The Hall–Kier alpha value is -0.930. The molecule has 1 aliphatic heterocycles. The highest BCUT2D eigenvalue weighted by molar-refractivity contribution is 5.80. The first-order valence-electron chi connectivity index (χ1n) is 7.24. The van der Waals surface area contributed by atoms with Gasteiger partial charge in [-0.25, -0.2) is 0 Å². The molecule has 19 heavy (non-hydrogen) atoms. The molecule has 3 heteroatoms. The predicted octanol–water partition coefficient (Wildman–Crippen LogP) is 2.95. The molecule has 0 aliphatic carbocycles. The van der Waals surface area contributed by atoms with Crippen molar-refractivity contribution in [2.75, 3.05) is 39.3 Å². The van der Waals surface area contributed by atoms with Gasteiger partial charge in [0.25, 0.3) is 0 Å². The van der Waals surface area contributed by atoms with Crippen LogP contribution in [0.1, 0.15) is 34.6 Å². The standard InChI is InChI=1S/C16H29N3/c1-14(2)6-8-18-10-12-19(13-11-18)9-7-16(5)17-15(3)4/h6-7H,8-13H2,1-5H3/b16-7-. The summed E-state index contributed by atoms with van der Waals surface area (Å²) in [4.78, 5) is 9.48. The van der Waals surface area contributed by atoms with Gasteiger partial charge >= 0.3 is 0 Å². The topological polar surface area (TPSA) is 18.8 Å². The number of hydrogen-bond acceptors (Lipinski definition) is 3. The van der Waals surface area contributed by atoms with Crippen molar-refractivity contribution < 1.29 is 0 Å². The fourth-order valence-electron chi connectivity index (χ4n) is 2.13. The zero-order valence-electron chi connectivity index (χ0n) is 13.2. The third-order valence-electron chi connectivity index (χ3n) is 3.27. The molecular weight excluding hydrogens is 234 g/mol. The van der Waals surface area contributed by atoms with Crippen molar-refractivity contribution in [3.05, 3.63) is 23.4 Å². The van der Waals surface area contributed by atoms with Crippen LogP contribution >= 0.6 is 0 Å². The van der Waals surface area contributed by atoms with Gasteiger partial charge in [0, 0.05) is 50.7 Å². The van der Waals surface area contributed by atoms with Crippen LogP contribution < -0.4 is 0 Å². The quantitative estimate of drug-likeness (QED) is 0.561. The Morgan fingerprint density at radius 1 is 0.842 bits per heavy atom. The summed E-state index contributed by atoms with van der Waals surface area (Å²) in [5.74, 6) is 0. The van der Waals surface area contributed by atoms with Crippen molar-refractivity contribution in [2.24, 2.45) is 4.99 Å². The Kier molecular flexibility index (Phi) is 7.03. The van der Waals surface area contributed by atoms with Crippen LogP contribution in [-0.4, -0.2) is 54.8 Å². The molecule has 1 saturated heterocycles. The van der Waals surface area contributed by atoms with Crippen LogP contribution in [0, 0.1) is 0 Å². The third kappa shape index (κ3) is 7.28. The van der Waals surface area contributed by atoms with Gasteiger partial charge in [-0.1, -0.05) is 11.6 Å². The second-order valence-electron chi connectivity index (χ2n) is 5.79. The van der Waals surface area contributed by atoms with Gasteiger partial charge in [0.05, 0.1) is 0 Å². The van der Waals surface area contributed by atoms with E-state index in [4.69, 9.17) is 0 Å². The molecule has 0 saturated carbocycles. The van der Waals surface area contributed by atoms with Gasteiger partial charge in [-0.3, -0.25) is 14.8 Å². The molecule has 0 aromatic rings. The Labute approximate surface area is 118 Å².